The second-order valence-electron chi connectivity index (χ2n) is 2.16. The quantitative estimate of drug-likeness (QED) is 0.554. The summed E-state index contributed by atoms with van der Waals surface area (Å²) in [4.78, 5) is 1.71. The first-order valence-corrected chi connectivity index (χ1v) is 3.74. The second-order valence-corrected chi connectivity index (χ2v) is 2.16. The third-order valence-electron chi connectivity index (χ3n) is 1.36. The van der Waals surface area contributed by atoms with Crippen LogP contribution in [0.15, 0.2) is 0 Å². The number of hydrogen-bond donors (Lipinski definition) is 0. The topological polar surface area (TPSA) is 3.24 Å². The maximum Gasteiger partial charge on any atom is 0.272 e. The summed E-state index contributed by atoms with van der Waals surface area (Å²) in [6.07, 6.45) is 0. The van der Waals surface area contributed by atoms with Crippen LogP contribution in [0.3, 0.4) is 0 Å². The maximum atomic E-state index is 11.9. The zero-order valence-corrected chi connectivity index (χ0v) is 6.82. The third kappa shape index (κ3) is 2.60. The van der Waals surface area contributed by atoms with Crippen molar-refractivity contribution < 1.29 is 8.78 Å². The van der Waals surface area contributed by atoms with Gasteiger partial charge >= 0.3 is 0 Å². The van der Waals surface area contributed by atoms with Crippen molar-refractivity contribution in [2.45, 2.75) is 26.7 Å². The average Bonchev–Trinajstić information content (AvgIpc) is 1.87. The Balaban J connectivity index is 0.000000371. The normalized spacial score (nSPS) is 22.5. The number of rotatable bonds is 1. The lowest BCUT2D eigenvalue weighted by Crippen LogP contribution is -2.55. The molecule has 0 unspecified atom stereocenters. The molecule has 0 aromatic rings. The summed E-state index contributed by atoms with van der Waals surface area (Å²) in [6, 6.07) is 0. The highest BCUT2D eigenvalue weighted by Crippen LogP contribution is 2.25. The molecule has 0 amide bonds. The molecule has 1 rings (SSSR count). The molecule has 1 heterocycles. The van der Waals surface area contributed by atoms with Gasteiger partial charge < -0.3 is 0 Å². The van der Waals surface area contributed by atoms with Crippen LogP contribution in [0.25, 0.3) is 0 Å². The Morgan fingerprint density at radius 1 is 1.30 bits per heavy atom. The molecule has 0 spiro atoms. The minimum Gasteiger partial charge on any atom is -0.292 e. The predicted octanol–water partition coefficient (Wildman–Crippen LogP) is 1.98. The molecule has 1 aliphatic heterocycles. The fourth-order valence-electron chi connectivity index (χ4n) is 0.832. The van der Waals surface area contributed by atoms with E-state index >= 15 is 0 Å². The minimum atomic E-state index is -2.38. The Kier molecular flexibility index (Phi) is 3.79. The molecule has 1 aliphatic rings. The van der Waals surface area contributed by atoms with Crippen LogP contribution in [0.5, 0.6) is 0 Å². The van der Waals surface area contributed by atoms with Crippen LogP contribution in [0.4, 0.5) is 8.78 Å². The van der Waals surface area contributed by atoms with E-state index in [1.165, 1.54) is 0 Å². The standard InChI is InChI=1S/C5H9F2N.C2H6/c1-2-8-3-5(6,7)4-8;1-2/h2-4H2,1H3;1-2H3. The largest absolute Gasteiger partial charge is 0.292 e. The molecule has 3 heteroatoms. The van der Waals surface area contributed by atoms with Crippen LogP contribution in [-0.2, 0) is 0 Å². The summed E-state index contributed by atoms with van der Waals surface area (Å²) in [5.74, 6) is -2.38. The van der Waals surface area contributed by atoms with E-state index in [4.69, 9.17) is 0 Å². The zero-order chi connectivity index (χ0) is 8.20. The summed E-state index contributed by atoms with van der Waals surface area (Å²) in [7, 11) is 0. The van der Waals surface area contributed by atoms with Gasteiger partial charge in [-0.1, -0.05) is 20.8 Å². The minimum absolute atomic E-state index is 0.0382. The van der Waals surface area contributed by atoms with Gasteiger partial charge in [0.25, 0.3) is 5.92 Å². The summed E-state index contributed by atoms with van der Waals surface area (Å²) in [5, 5.41) is 0. The van der Waals surface area contributed by atoms with Crippen LogP contribution in [0.2, 0.25) is 0 Å². The number of halogens is 2. The molecule has 0 aromatic heterocycles. The van der Waals surface area contributed by atoms with E-state index < -0.39 is 5.92 Å². The smallest absolute Gasteiger partial charge is 0.272 e. The first-order chi connectivity index (χ1) is 4.64. The van der Waals surface area contributed by atoms with Crippen LogP contribution < -0.4 is 0 Å². The van der Waals surface area contributed by atoms with Crippen molar-refractivity contribution >= 4 is 0 Å². The molecule has 0 N–H and O–H groups in total. The second kappa shape index (κ2) is 3.86. The van der Waals surface area contributed by atoms with Crippen molar-refractivity contribution in [3.63, 3.8) is 0 Å². The van der Waals surface area contributed by atoms with Crippen LogP contribution in [0.1, 0.15) is 20.8 Å². The van der Waals surface area contributed by atoms with E-state index in [2.05, 4.69) is 0 Å². The number of hydrogen-bond acceptors (Lipinski definition) is 1. The molecular formula is C7H15F2N. The average molecular weight is 151 g/mol. The van der Waals surface area contributed by atoms with E-state index in [9.17, 15) is 8.78 Å². The molecule has 1 fully saturated rings. The lowest BCUT2D eigenvalue weighted by molar-refractivity contribution is -0.128. The van der Waals surface area contributed by atoms with Gasteiger partial charge in [-0.2, -0.15) is 0 Å². The summed E-state index contributed by atoms with van der Waals surface area (Å²) < 4.78 is 23.9. The van der Waals surface area contributed by atoms with Gasteiger partial charge in [0.15, 0.2) is 0 Å². The SMILES string of the molecule is CC.CCN1CC(F)(F)C1. The Morgan fingerprint density at radius 2 is 1.70 bits per heavy atom. The van der Waals surface area contributed by atoms with Crippen LogP contribution in [0, 0.1) is 0 Å². The molecule has 1 nitrogen and oxygen atoms in total. The monoisotopic (exact) mass is 151 g/mol. The highest BCUT2D eigenvalue weighted by Gasteiger charge is 2.42. The van der Waals surface area contributed by atoms with Crippen molar-refractivity contribution in [2.75, 3.05) is 19.6 Å². The zero-order valence-electron chi connectivity index (χ0n) is 6.82. The van der Waals surface area contributed by atoms with E-state index in [-0.39, 0.29) is 13.1 Å². The van der Waals surface area contributed by atoms with Gasteiger partial charge in [-0.3, -0.25) is 4.90 Å². The molecule has 0 radical (unpaired) electrons. The molecule has 62 valence electrons. The number of nitrogens with zero attached hydrogens (tertiary/aromatic N) is 1. The highest BCUT2D eigenvalue weighted by molar-refractivity contribution is 4.85. The van der Waals surface area contributed by atoms with Gasteiger partial charge in [0.1, 0.15) is 0 Å². The summed E-state index contributed by atoms with van der Waals surface area (Å²) >= 11 is 0. The van der Waals surface area contributed by atoms with Crippen molar-refractivity contribution in [2.24, 2.45) is 0 Å². The molecular weight excluding hydrogens is 136 g/mol. The Bertz CT molecular complexity index is 85.6. The van der Waals surface area contributed by atoms with Gasteiger partial charge in [0.05, 0.1) is 13.1 Å². The maximum absolute atomic E-state index is 11.9. The molecule has 0 aromatic carbocycles. The molecule has 10 heavy (non-hydrogen) atoms. The van der Waals surface area contributed by atoms with Gasteiger partial charge in [-0.25, -0.2) is 8.78 Å². The lowest BCUT2D eigenvalue weighted by atomic mass is 10.1. The molecule has 1 saturated heterocycles. The van der Waals surface area contributed by atoms with E-state index in [1.807, 2.05) is 20.8 Å². The molecule has 0 aliphatic carbocycles. The number of likely N-dealkylation sites (tertiary alicyclic amines) is 1. The first-order valence-electron chi connectivity index (χ1n) is 3.74. The Morgan fingerprint density at radius 3 is 1.80 bits per heavy atom. The first kappa shape index (κ1) is 9.82. The van der Waals surface area contributed by atoms with Gasteiger partial charge in [-0.15, -0.1) is 0 Å². The number of alkyl halides is 2. The van der Waals surface area contributed by atoms with Crippen molar-refractivity contribution in [1.29, 1.82) is 0 Å². The van der Waals surface area contributed by atoms with E-state index in [0.29, 0.717) is 0 Å². The summed E-state index contributed by atoms with van der Waals surface area (Å²) in [5.41, 5.74) is 0. The highest BCUT2D eigenvalue weighted by atomic mass is 19.3. The molecule has 0 saturated carbocycles. The van der Waals surface area contributed by atoms with Gasteiger partial charge in [-0.05, 0) is 6.54 Å². The molecule has 0 atom stereocenters. The van der Waals surface area contributed by atoms with Gasteiger partial charge in [0.2, 0.25) is 0 Å². The lowest BCUT2D eigenvalue weighted by Gasteiger charge is -2.37. The van der Waals surface area contributed by atoms with Crippen molar-refractivity contribution in [1.82, 2.24) is 4.90 Å². The fourth-order valence-corrected chi connectivity index (χ4v) is 0.832. The van der Waals surface area contributed by atoms with Crippen LogP contribution in [-0.4, -0.2) is 30.5 Å². The van der Waals surface area contributed by atoms with E-state index in [0.717, 1.165) is 6.54 Å². The molecule has 0 bridgehead atoms. The Labute approximate surface area is 61.0 Å². The third-order valence-corrected chi connectivity index (χ3v) is 1.36. The van der Waals surface area contributed by atoms with Crippen molar-refractivity contribution in [3.8, 4) is 0 Å². The van der Waals surface area contributed by atoms with E-state index in [1.54, 1.807) is 4.90 Å². The van der Waals surface area contributed by atoms with Gasteiger partial charge in [0, 0.05) is 0 Å². The predicted molar refractivity (Wildman–Crippen MR) is 38.4 cm³/mol. The van der Waals surface area contributed by atoms with Crippen LogP contribution >= 0.6 is 0 Å². The van der Waals surface area contributed by atoms with Crippen molar-refractivity contribution in [3.05, 3.63) is 0 Å². The summed E-state index contributed by atoms with van der Waals surface area (Å²) in [6.45, 7) is 6.55. The fraction of sp³-hybridized carbons (Fsp3) is 1.00. The Hall–Kier alpha value is -0.180.